The average molecular weight is 465 g/mol. The van der Waals surface area contributed by atoms with Crippen LogP contribution in [0.25, 0.3) is 10.9 Å². The highest BCUT2D eigenvalue weighted by Gasteiger charge is 2.46. The summed E-state index contributed by atoms with van der Waals surface area (Å²) < 4.78 is 0. The van der Waals surface area contributed by atoms with Crippen LogP contribution in [-0.2, 0) is 29.0 Å². The molecule has 1 fully saturated rings. The molecule has 2 aromatic carbocycles. The number of aromatic amines is 1. The summed E-state index contributed by atoms with van der Waals surface area (Å²) in [6, 6.07) is 12.9. The molecule has 0 aliphatic carbocycles. The van der Waals surface area contributed by atoms with Crippen LogP contribution in [0.15, 0.2) is 48.7 Å². The topological polar surface area (TPSA) is 85.5 Å². The van der Waals surface area contributed by atoms with Crippen LogP contribution in [-0.4, -0.2) is 51.8 Å². The zero-order valence-electron chi connectivity index (χ0n) is 18.1. The molecule has 170 valence electrons. The third-order valence-electron chi connectivity index (χ3n) is 6.51. The van der Waals surface area contributed by atoms with E-state index in [4.69, 9.17) is 11.6 Å². The Balaban J connectivity index is 1.09. The normalized spacial score (nSPS) is 17.4. The summed E-state index contributed by atoms with van der Waals surface area (Å²) in [5.41, 5.74) is 4.32. The van der Waals surface area contributed by atoms with Gasteiger partial charge in [-0.1, -0.05) is 35.9 Å². The second-order valence-corrected chi connectivity index (χ2v) is 9.03. The second-order valence-electron chi connectivity index (χ2n) is 8.60. The van der Waals surface area contributed by atoms with Crippen molar-refractivity contribution in [2.75, 3.05) is 13.1 Å². The van der Waals surface area contributed by atoms with Gasteiger partial charge in [0, 0.05) is 54.6 Å². The molecule has 7 nitrogen and oxygen atoms in total. The average Bonchev–Trinajstić information content (AvgIpc) is 3.31. The summed E-state index contributed by atoms with van der Waals surface area (Å²) in [6.07, 6.45) is 3.88. The summed E-state index contributed by atoms with van der Waals surface area (Å²) in [4.78, 5) is 44.1. The predicted octanol–water partition coefficient (Wildman–Crippen LogP) is 3.65. The maximum Gasteiger partial charge on any atom is 0.327 e. The minimum absolute atomic E-state index is 0.0860. The van der Waals surface area contributed by atoms with Crippen molar-refractivity contribution in [3.8, 4) is 0 Å². The van der Waals surface area contributed by atoms with Gasteiger partial charge >= 0.3 is 6.03 Å². The SMILES string of the molecule is O=C(CCCN1C(=O)C2Cc3ccccc3CN2C1=O)NCCc1c[nH]c2ccc(Cl)cc12. The van der Waals surface area contributed by atoms with E-state index in [1.807, 2.05) is 48.7 Å². The van der Waals surface area contributed by atoms with E-state index in [1.165, 1.54) is 4.90 Å². The molecule has 1 atom stereocenters. The molecule has 1 unspecified atom stereocenters. The molecule has 33 heavy (non-hydrogen) atoms. The van der Waals surface area contributed by atoms with E-state index in [9.17, 15) is 14.4 Å². The van der Waals surface area contributed by atoms with Crippen LogP contribution < -0.4 is 5.32 Å². The van der Waals surface area contributed by atoms with Crippen molar-refractivity contribution in [3.63, 3.8) is 0 Å². The fraction of sp³-hybridized carbons (Fsp3) is 0.320. The summed E-state index contributed by atoms with van der Waals surface area (Å²) in [5.74, 6) is -0.245. The fourth-order valence-electron chi connectivity index (χ4n) is 4.76. The van der Waals surface area contributed by atoms with Crippen molar-refractivity contribution < 1.29 is 14.4 Å². The molecule has 5 rings (SSSR count). The lowest BCUT2D eigenvalue weighted by Crippen LogP contribution is -2.39. The van der Waals surface area contributed by atoms with Crippen molar-refractivity contribution in [3.05, 3.63) is 70.4 Å². The molecule has 4 amide bonds. The number of hydrogen-bond donors (Lipinski definition) is 2. The van der Waals surface area contributed by atoms with Gasteiger partial charge in [-0.3, -0.25) is 14.5 Å². The van der Waals surface area contributed by atoms with Crippen molar-refractivity contribution in [1.29, 1.82) is 0 Å². The Hall–Kier alpha value is -3.32. The standard InChI is InChI=1S/C25H25ClN4O3/c26-19-7-8-21-20(13-19)17(14-28-21)9-10-27-23(31)6-3-11-29-24(32)22-12-16-4-1-2-5-18(16)15-30(22)25(29)33/h1-2,4-5,7-8,13-14,22,28H,3,6,9-12,15H2,(H,27,31). The molecule has 8 heteroatoms. The van der Waals surface area contributed by atoms with E-state index in [2.05, 4.69) is 10.3 Å². The van der Waals surface area contributed by atoms with Crippen LogP contribution in [0.2, 0.25) is 5.02 Å². The number of carbonyl (C=O) groups excluding carboxylic acids is 3. The van der Waals surface area contributed by atoms with E-state index in [0.717, 1.165) is 27.6 Å². The van der Waals surface area contributed by atoms with E-state index >= 15 is 0 Å². The van der Waals surface area contributed by atoms with Gasteiger partial charge in [0.1, 0.15) is 6.04 Å². The number of urea groups is 1. The monoisotopic (exact) mass is 464 g/mol. The second kappa shape index (κ2) is 8.90. The first kappa shape index (κ1) is 21.5. The van der Waals surface area contributed by atoms with Gasteiger partial charge in [-0.2, -0.15) is 0 Å². The van der Waals surface area contributed by atoms with Gasteiger partial charge in [0.2, 0.25) is 5.91 Å². The Morgan fingerprint density at radius 3 is 2.82 bits per heavy atom. The molecule has 3 heterocycles. The lowest BCUT2D eigenvalue weighted by molar-refractivity contribution is -0.129. The quantitative estimate of drug-likeness (QED) is 0.523. The lowest BCUT2D eigenvalue weighted by Gasteiger charge is -2.28. The van der Waals surface area contributed by atoms with Crippen LogP contribution in [0, 0.1) is 0 Å². The number of amides is 4. The number of halogens is 1. The van der Waals surface area contributed by atoms with Crippen molar-refractivity contribution in [2.24, 2.45) is 0 Å². The molecule has 0 spiro atoms. The summed E-state index contributed by atoms with van der Waals surface area (Å²) in [6.45, 7) is 1.23. The van der Waals surface area contributed by atoms with Gasteiger partial charge in [0.15, 0.2) is 0 Å². The summed E-state index contributed by atoms with van der Waals surface area (Å²) in [7, 11) is 0. The highest BCUT2D eigenvalue weighted by Crippen LogP contribution is 2.30. The molecule has 1 saturated heterocycles. The minimum atomic E-state index is -0.425. The molecular formula is C25H25ClN4O3. The highest BCUT2D eigenvalue weighted by molar-refractivity contribution is 6.31. The first-order valence-corrected chi connectivity index (χ1v) is 11.6. The molecule has 2 aliphatic rings. The number of fused-ring (bicyclic) bond motifs is 3. The van der Waals surface area contributed by atoms with Gasteiger partial charge in [-0.15, -0.1) is 0 Å². The van der Waals surface area contributed by atoms with Crippen LogP contribution in [0.1, 0.15) is 29.5 Å². The lowest BCUT2D eigenvalue weighted by atomic mass is 9.95. The van der Waals surface area contributed by atoms with Gasteiger partial charge in [0.25, 0.3) is 5.91 Å². The van der Waals surface area contributed by atoms with E-state index in [-0.39, 0.29) is 30.8 Å². The summed E-state index contributed by atoms with van der Waals surface area (Å²) in [5, 5.41) is 4.66. The number of hydrogen-bond acceptors (Lipinski definition) is 3. The third kappa shape index (κ3) is 4.20. The minimum Gasteiger partial charge on any atom is -0.361 e. The largest absolute Gasteiger partial charge is 0.361 e. The van der Waals surface area contributed by atoms with Crippen LogP contribution in [0.4, 0.5) is 4.79 Å². The maximum atomic E-state index is 12.8. The van der Waals surface area contributed by atoms with Crippen LogP contribution >= 0.6 is 11.6 Å². The number of H-pyrrole nitrogens is 1. The van der Waals surface area contributed by atoms with E-state index < -0.39 is 6.04 Å². The smallest absolute Gasteiger partial charge is 0.327 e. The van der Waals surface area contributed by atoms with Crippen molar-refractivity contribution in [2.45, 2.75) is 38.3 Å². The third-order valence-corrected chi connectivity index (χ3v) is 6.74. The number of benzene rings is 2. The fourth-order valence-corrected chi connectivity index (χ4v) is 4.93. The van der Waals surface area contributed by atoms with Gasteiger partial charge in [0.05, 0.1) is 0 Å². The van der Waals surface area contributed by atoms with Gasteiger partial charge in [-0.05, 0) is 47.7 Å². The molecule has 0 bridgehead atoms. The highest BCUT2D eigenvalue weighted by atomic mass is 35.5. The molecular weight excluding hydrogens is 440 g/mol. The molecule has 3 aromatic rings. The molecule has 2 N–H and O–H groups in total. The number of carbonyl (C=O) groups is 3. The number of nitrogens with one attached hydrogen (secondary N) is 2. The van der Waals surface area contributed by atoms with Crippen molar-refractivity contribution in [1.82, 2.24) is 20.1 Å². The van der Waals surface area contributed by atoms with Crippen LogP contribution in [0.3, 0.4) is 0 Å². The Bertz CT molecular complexity index is 1190. The molecule has 0 radical (unpaired) electrons. The van der Waals surface area contributed by atoms with Gasteiger partial charge < -0.3 is 15.2 Å². The summed E-state index contributed by atoms with van der Waals surface area (Å²) >= 11 is 6.09. The zero-order chi connectivity index (χ0) is 22.9. The zero-order valence-corrected chi connectivity index (χ0v) is 18.9. The Morgan fingerprint density at radius 1 is 1.15 bits per heavy atom. The van der Waals surface area contributed by atoms with Gasteiger partial charge in [-0.25, -0.2) is 4.79 Å². The van der Waals surface area contributed by atoms with Crippen LogP contribution in [0.5, 0.6) is 0 Å². The Kier molecular flexibility index (Phi) is 5.81. The van der Waals surface area contributed by atoms with Crippen molar-refractivity contribution >= 4 is 40.3 Å². The Morgan fingerprint density at radius 2 is 1.97 bits per heavy atom. The first-order valence-electron chi connectivity index (χ1n) is 11.2. The number of rotatable bonds is 7. The Labute approximate surface area is 196 Å². The number of imide groups is 1. The molecule has 0 saturated carbocycles. The van der Waals surface area contributed by atoms with E-state index in [1.54, 1.807) is 4.90 Å². The molecule has 2 aliphatic heterocycles. The molecule has 1 aromatic heterocycles. The number of aromatic nitrogens is 1. The maximum absolute atomic E-state index is 12.8. The predicted molar refractivity (Wildman–Crippen MR) is 126 cm³/mol. The number of nitrogens with zero attached hydrogens (tertiary/aromatic N) is 2. The van der Waals surface area contributed by atoms with E-state index in [0.29, 0.717) is 37.4 Å². The first-order chi connectivity index (χ1) is 16.0.